The lowest BCUT2D eigenvalue weighted by atomic mass is 10.4. The van der Waals surface area contributed by atoms with Crippen molar-refractivity contribution in [3.63, 3.8) is 0 Å². The van der Waals surface area contributed by atoms with E-state index in [0.717, 1.165) is 10.0 Å². The predicted molar refractivity (Wildman–Crippen MR) is 68.9 cm³/mol. The van der Waals surface area contributed by atoms with E-state index in [1.807, 2.05) is 6.92 Å². The fraction of sp³-hybridized carbons (Fsp3) is 0.400. The zero-order chi connectivity index (χ0) is 12.0. The average Bonchev–Trinajstić information content (AvgIpc) is 2.22. The number of hydrogen-bond donors (Lipinski definition) is 1. The zero-order valence-electron chi connectivity index (χ0n) is 8.96. The molecule has 0 saturated heterocycles. The van der Waals surface area contributed by atoms with E-state index >= 15 is 0 Å². The molecule has 4 nitrogen and oxygen atoms in total. The fourth-order valence-corrected chi connectivity index (χ4v) is 1.42. The Bertz CT molecular complexity index is 373. The molecule has 0 aliphatic rings. The van der Waals surface area contributed by atoms with E-state index in [9.17, 15) is 0 Å². The summed E-state index contributed by atoms with van der Waals surface area (Å²) in [7, 11) is 0. The molecule has 1 aromatic heterocycles. The van der Waals surface area contributed by atoms with Crippen LogP contribution in [0.2, 0.25) is 5.28 Å². The molecule has 0 aliphatic heterocycles. The van der Waals surface area contributed by atoms with Gasteiger partial charge in [0.25, 0.3) is 0 Å². The van der Waals surface area contributed by atoms with Crippen molar-refractivity contribution < 1.29 is 4.74 Å². The molecule has 88 valence electrons. The molecule has 0 aliphatic carbocycles. The van der Waals surface area contributed by atoms with Crippen LogP contribution in [-0.4, -0.2) is 29.7 Å². The molecule has 0 aromatic carbocycles. The van der Waals surface area contributed by atoms with Crippen LogP contribution in [0.1, 0.15) is 6.92 Å². The molecular formula is C10H13BrClN3O. The maximum atomic E-state index is 5.67. The molecule has 16 heavy (non-hydrogen) atoms. The maximum Gasteiger partial charge on any atom is 0.224 e. The maximum absolute atomic E-state index is 5.67. The molecule has 0 unspecified atom stereocenters. The Hall–Kier alpha value is -0.650. The van der Waals surface area contributed by atoms with Gasteiger partial charge in [-0.15, -0.1) is 0 Å². The van der Waals surface area contributed by atoms with Crippen molar-refractivity contribution in [2.24, 2.45) is 0 Å². The highest BCUT2D eigenvalue weighted by Gasteiger charge is 2.02. The minimum absolute atomic E-state index is 0.216. The van der Waals surface area contributed by atoms with Gasteiger partial charge in [0.1, 0.15) is 5.82 Å². The molecule has 0 atom stereocenters. The van der Waals surface area contributed by atoms with Gasteiger partial charge in [0.15, 0.2) is 0 Å². The highest BCUT2D eigenvalue weighted by Crippen LogP contribution is 2.19. The first-order valence-electron chi connectivity index (χ1n) is 4.73. The number of ether oxygens (including phenoxy) is 1. The molecule has 6 heteroatoms. The van der Waals surface area contributed by atoms with E-state index in [4.69, 9.17) is 16.3 Å². The Morgan fingerprint density at radius 2 is 2.44 bits per heavy atom. The summed E-state index contributed by atoms with van der Waals surface area (Å²) in [4.78, 5) is 7.86. The predicted octanol–water partition coefficient (Wildman–Crippen LogP) is 2.90. The van der Waals surface area contributed by atoms with Crippen LogP contribution in [0.25, 0.3) is 0 Å². The highest BCUT2D eigenvalue weighted by atomic mass is 79.9. The van der Waals surface area contributed by atoms with Gasteiger partial charge in [-0.3, -0.25) is 0 Å². The second-order valence-corrected chi connectivity index (χ2v) is 4.46. The lowest BCUT2D eigenvalue weighted by molar-refractivity contribution is 0.167. The van der Waals surface area contributed by atoms with Gasteiger partial charge in [0.05, 0.1) is 17.7 Å². The van der Waals surface area contributed by atoms with Crippen molar-refractivity contribution in [2.45, 2.75) is 6.92 Å². The molecule has 0 radical (unpaired) electrons. The molecule has 0 fully saturated rings. The number of nitrogens with one attached hydrogen (secondary N) is 1. The first-order valence-corrected chi connectivity index (χ1v) is 5.90. The Morgan fingerprint density at radius 1 is 1.69 bits per heavy atom. The number of nitrogens with zero attached hydrogens (tertiary/aromatic N) is 2. The van der Waals surface area contributed by atoms with Gasteiger partial charge >= 0.3 is 0 Å². The summed E-state index contributed by atoms with van der Waals surface area (Å²) in [6.07, 6.45) is 1.60. The monoisotopic (exact) mass is 305 g/mol. The van der Waals surface area contributed by atoms with Gasteiger partial charge in [-0.05, 0) is 34.5 Å². The lowest BCUT2D eigenvalue weighted by Crippen LogP contribution is -2.11. The third kappa shape index (κ3) is 4.92. The second-order valence-electron chi connectivity index (χ2n) is 3.27. The molecule has 0 spiro atoms. The Morgan fingerprint density at radius 3 is 3.12 bits per heavy atom. The van der Waals surface area contributed by atoms with Crippen molar-refractivity contribution >= 4 is 33.3 Å². The third-order valence-corrected chi connectivity index (χ3v) is 2.36. The summed E-state index contributed by atoms with van der Waals surface area (Å²) < 4.78 is 6.11. The number of aromatic nitrogens is 2. The van der Waals surface area contributed by atoms with Crippen molar-refractivity contribution in [3.8, 4) is 0 Å². The van der Waals surface area contributed by atoms with E-state index in [2.05, 4.69) is 37.8 Å². The van der Waals surface area contributed by atoms with Crippen LogP contribution in [0.15, 0.2) is 22.8 Å². The van der Waals surface area contributed by atoms with Crippen LogP contribution in [0, 0.1) is 0 Å². The van der Waals surface area contributed by atoms with E-state index in [1.165, 1.54) is 0 Å². The van der Waals surface area contributed by atoms with Crippen LogP contribution in [-0.2, 0) is 4.74 Å². The summed E-state index contributed by atoms with van der Waals surface area (Å²) in [5, 5.41) is 3.31. The summed E-state index contributed by atoms with van der Waals surface area (Å²) in [5.41, 5.74) is 1.01. The van der Waals surface area contributed by atoms with Crippen LogP contribution < -0.4 is 5.32 Å². The Balaban J connectivity index is 2.31. The van der Waals surface area contributed by atoms with E-state index in [-0.39, 0.29) is 5.28 Å². The lowest BCUT2D eigenvalue weighted by Gasteiger charge is -2.07. The quantitative estimate of drug-likeness (QED) is 0.499. The normalized spacial score (nSPS) is 10.2. The topological polar surface area (TPSA) is 47.0 Å². The molecule has 0 saturated carbocycles. The standard InChI is InChI=1S/C10H13BrClN3O/c1-7(2)6-16-4-3-13-9-8(11)5-14-10(12)15-9/h5H,1,3-4,6H2,2H3,(H,13,14,15). The average molecular weight is 307 g/mol. The molecule has 1 aromatic rings. The van der Waals surface area contributed by atoms with Gasteiger partial charge in [0, 0.05) is 12.7 Å². The number of rotatable bonds is 6. The van der Waals surface area contributed by atoms with E-state index < -0.39 is 0 Å². The minimum Gasteiger partial charge on any atom is -0.375 e. The number of anilines is 1. The van der Waals surface area contributed by atoms with Crippen molar-refractivity contribution in [1.29, 1.82) is 0 Å². The Kier molecular flexibility index (Phi) is 5.73. The first-order chi connectivity index (χ1) is 7.59. The number of hydrogen-bond acceptors (Lipinski definition) is 4. The fourth-order valence-electron chi connectivity index (χ4n) is 0.958. The Labute approximate surface area is 108 Å². The third-order valence-electron chi connectivity index (χ3n) is 1.60. The SMILES string of the molecule is C=C(C)COCCNc1nc(Cl)ncc1Br. The highest BCUT2D eigenvalue weighted by molar-refractivity contribution is 9.10. The van der Waals surface area contributed by atoms with Crippen LogP contribution >= 0.6 is 27.5 Å². The summed E-state index contributed by atoms with van der Waals surface area (Å²) in [6, 6.07) is 0. The van der Waals surface area contributed by atoms with Gasteiger partial charge < -0.3 is 10.1 Å². The number of halogens is 2. The van der Waals surface area contributed by atoms with Crippen LogP contribution in [0.3, 0.4) is 0 Å². The summed E-state index contributed by atoms with van der Waals surface area (Å²) >= 11 is 8.99. The molecule has 0 bridgehead atoms. The largest absolute Gasteiger partial charge is 0.375 e. The zero-order valence-corrected chi connectivity index (χ0v) is 11.3. The molecule has 1 heterocycles. The first kappa shape index (κ1) is 13.4. The van der Waals surface area contributed by atoms with Crippen LogP contribution in [0.5, 0.6) is 0 Å². The summed E-state index contributed by atoms with van der Waals surface area (Å²) in [6.45, 7) is 7.48. The van der Waals surface area contributed by atoms with Gasteiger partial charge in [-0.25, -0.2) is 4.98 Å². The van der Waals surface area contributed by atoms with E-state index in [0.29, 0.717) is 25.6 Å². The van der Waals surface area contributed by atoms with Gasteiger partial charge in [-0.1, -0.05) is 12.2 Å². The molecule has 1 rings (SSSR count). The van der Waals surface area contributed by atoms with Gasteiger partial charge in [-0.2, -0.15) is 4.98 Å². The second kappa shape index (κ2) is 6.83. The molecule has 0 amide bonds. The van der Waals surface area contributed by atoms with E-state index in [1.54, 1.807) is 6.20 Å². The summed E-state index contributed by atoms with van der Waals surface area (Å²) in [5.74, 6) is 0.666. The van der Waals surface area contributed by atoms with Crippen molar-refractivity contribution in [2.75, 3.05) is 25.1 Å². The minimum atomic E-state index is 0.216. The molecular weight excluding hydrogens is 293 g/mol. The van der Waals surface area contributed by atoms with Gasteiger partial charge in [0.2, 0.25) is 5.28 Å². The smallest absolute Gasteiger partial charge is 0.224 e. The van der Waals surface area contributed by atoms with Crippen molar-refractivity contribution in [3.05, 3.63) is 28.1 Å². The van der Waals surface area contributed by atoms with Crippen LogP contribution in [0.4, 0.5) is 5.82 Å². The van der Waals surface area contributed by atoms with Crippen molar-refractivity contribution in [1.82, 2.24) is 9.97 Å². The molecule has 1 N–H and O–H groups in total.